The molecule has 0 spiro atoms. The van der Waals surface area contributed by atoms with Gasteiger partial charge < -0.3 is 9.42 Å². The summed E-state index contributed by atoms with van der Waals surface area (Å²) in [4.78, 5) is 21.0. The molecule has 0 bridgehead atoms. The topological polar surface area (TPSA) is 59.2 Å². The Labute approximate surface area is 147 Å². The highest BCUT2D eigenvalue weighted by molar-refractivity contribution is 7.11. The molecule has 1 fully saturated rings. The molecule has 0 aliphatic carbocycles. The quantitative estimate of drug-likeness (QED) is 0.845. The van der Waals surface area contributed by atoms with Crippen LogP contribution in [0.5, 0.6) is 0 Å². The van der Waals surface area contributed by atoms with Crippen LogP contribution in [-0.4, -0.2) is 34.0 Å². The van der Waals surface area contributed by atoms with Crippen LogP contribution in [0.4, 0.5) is 0 Å². The molecule has 5 nitrogen and oxygen atoms in total. The number of hydrogen-bond acceptors (Lipinski definition) is 5. The summed E-state index contributed by atoms with van der Waals surface area (Å²) in [5.74, 6) is 1.05. The third-order valence-electron chi connectivity index (χ3n) is 5.02. The smallest absolute Gasteiger partial charge is 0.230 e. The van der Waals surface area contributed by atoms with Crippen molar-refractivity contribution < 1.29 is 9.32 Å². The Morgan fingerprint density at radius 2 is 2.04 bits per heavy atom. The molecular formula is C18H25N3O2S. The monoisotopic (exact) mass is 347 g/mol. The summed E-state index contributed by atoms with van der Waals surface area (Å²) in [7, 11) is 0. The maximum Gasteiger partial charge on any atom is 0.230 e. The van der Waals surface area contributed by atoms with Crippen molar-refractivity contribution in [2.75, 3.05) is 13.1 Å². The summed E-state index contributed by atoms with van der Waals surface area (Å²) in [6, 6.07) is 0. The molecule has 6 heteroatoms. The average molecular weight is 347 g/mol. The lowest BCUT2D eigenvalue weighted by atomic mass is 9.94. The van der Waals surface area contributed by atoms with Gasteiger partial charge in [-0.25, -0.2) is 4.98 Å². The summed E-state index contributed by atoms with van der Waals surface area (Å²) in [6.07, 6.45) is 2.14. The van der Waals surface area contributed by atoms with Gasteiger partial charge in [0.05, 0.1) is 22.3 Å². The van der Waals surface area contributed by atoms with E-state index in [0.717, 1.165) is 48.6 Å². The minimum absolute atomic E-state index is 0.166. The van der Waals surface area contributed by atoms with E-state index in [-0.39, 0.29) is 11.8 Å². The first-order chi connectivity index (χ1) is 11.4. The number of likely N-dealkylation sites (tertiary alicyclic amines) is 1. The minimum atomic E-state index is -0.213. The lowest BCUT2D eigenvalue weighted by Gasteiger charge is -2.33. The fraction of sp³-hybridized carbons (Fsp3) is 0.611. The van der Waals surface area contributed by atoms with Crippen LogP contribution in [0, 0.1) is 27.7 Å². The van der Waals surface area contributed by atoms with Crippen molar-refractivity contribution in [2.24, 2.45) is 0 Å². The van der Waals surface area contributed by atoms with Crippen molar-refractivity contribution in [3.63, 3.8) is 0 Å². The maximum absolute atomic E-state index is 13.0. The summed E-state index contributed by atoms with van der Waals surface area (Å²) >= 11 is 1.77. The standard InChI is InChI=1S/C18H25N3O2S/c1-10(16-12(3)20-23-13(16)4)18(22)21-8-6-7-15(9-21)17-19-11(2)14(5)24-17/h10,15H,6-9H2,1-5H3/t10-,15+/m0/s1. The number of nitrogens with zero attached hydrogens (tertiary/aromatic N) is 3. The molecule has 0 aromatic carbocycles. The van der Waals surface area contributed by atoms with E-state index in [0.29, 0.717) is 5.92 Å². The normalized spacial score (nSPS) is 19.5. The number of carbonyl (C=O) groups is 1. The van der Waals surface area contributed by atoms with E-state index in [1.807, 2.05) is 25.7 Å². The average Bonchev–Trinajstić information content (AvgIpc) is 3.08. The molecule has 1 aliphatic heterocycles. The number of hydrogen-bond donors (Lipinski definition) is 0. The predicted molar refractivity (Wildman–Crippen MR) is 94.5 cm³/mol. The minimum Gasteiger partial charge on any atom is -0.361 e. The Hall–Kier alpha value is -1.69. The largest absolute Gasteiger partial charge is 0.361 e. The molecule has 3 heterocycles. The Kier molecular flexibility index (Phi) is 4.76. The molecule has 2 atom stereocenters. The fourth-order valence-corrected chi connectivity index (χ4v) is 4.61. The molecule has 2 aromatic heterocycles. The van der Waals surface area contributed by atoms with Gasteiger partial charge >= 0.3 is 0 Å². The van der Waals surface area contributed by atoms with Crippen molar-refractivity contribution in [3.05, 3.63) is 32.6 Å². The van der Waals surface area contributed by atoms with E-state index in [4.69, 9.17) is 9.51 Å². The molecule has 24 heavy (non-hydrogen) atoms. The molecule has 1 aliphatic rings. The number of amides is 1. The first kappa shape index (κ1) is 17.1. The zero-order valence-electron chi connectivity index (χ0n) is 15.0. The number of piperidine rings is 1. The highest BCUT2D eigenvalue weighted by Gasteiger charge is 2.31. The molecule has 2 aromatic rings. The van der Waals surface area contributed by atoms with Crippen molar-refractivity contribution >= 4 is 17.2 Å². The van der Waals surface area contributed by atoms with E-state index >= 15 is 0 Å². The van der Waals surface area contributed by atoms with Crippen molar-refractivity contribution in [2.45, 2.75) is 59.3 Å². The van der Waals surface area contributed by atoms with Crippen LogP contribution in [0.2, 0.25) is 0 Å². The van der Waals surface area contributed by atoms with Crippen LogP contribution < -0.4 is 0 Å². The lowest BCUT2D eigenvalue weighted by molar-refractivity contribution is -0.133. The molecule has 0 N–H and O–H groups in total. The Bertz CT molecular complexity index is 711. The first-order valence-electron chi connectivity index (χ1n) is 8.54. The van der Waals surface area contributed by atoms with Crippen LogP contribution >= 0.6 is 11.3 Å². The molecule has 0 saturated carbocycles. The van der Waals surface area contributed by atoms with Crippen molar-refractivity contribution in [1.29, 1.82) is 0 Å². The maximum atomic E-state index is 13.0. The van der Waals surface area contributed by atoms with Crippen molar-refractivity contribution in [1.82, 2.24) is 15.0 Å². The third-order valence-corrected chi connectivity index (χ3v) is 6.25. The molecule has 1 amide bonds. The van der Waals surface area contributed by atoms with Gasteiger partial charge in [0.25, 0.3) is 0 Å². The lowest BCUT2D eigenvalue weighted by Crippen LogP contribution is -2.41. The summed E-state index contributed by atoms with van der Waals surface area (Å²) in [5.41, 5.74) is 2.86. The summed E-state index contributed by atoms with van der Waals surface area (Å²) in [5, 5.41) is 5.16. The van der Waals surface area contributed by atoms with Gasteiger partial charge in [0.15, 0.2) is 0 Å². The Morgan fingerprint density at radius 3 is 2.62 bits per heavy atom. The van der Waals surface area contributed by atoms with Gasteiger partial charge in [-0.3, -0.25) is 4.79 Å². The van der Waals surface area contributed by atoms with E-state index in [9.17, 15) is 4.79 Å². The number of rotatable bonds is 3. The highest BCUT2D eigenvalue weighted by atomic mass is 32.1. The molecule has 0 radical (unpaired) electrons. The van der Waals surface area contributed by atoms with Gasteiger partial charge in [0.2, 0.25) is 5.91 Å². The fourth-order valence-electron chi connectivity index (χ4n) is 3.56. The second-order valence-electron chi connectivity index (χ2n) is 6.78. The van der Waals surface area contributed by atoms with E-state index in [1.165, 1.54) is 9.88 Å². The molecule has 3 rings (SSSR count). The van der Waals surface area contributed by atoms with E-state index < -0.39 is 0 Å². The second-order valence-corrected chi connectivity index (χ2v) is 8.01. The van der Waals surface area contributed by atoms with E-state index in [1.54, 1.807) is 11.3 Å². The summed E-state index contributed by atoms with van der Waals surface area (Å²) < 4.78 is 5.23. The molecule has 0 unspecified atom stereocenters. The molecule has 1 saturated heterocycles. The van der Waals surface area contributed by atoms with Crippen LogP contribution in [0.3, 0.4) is 0 Å². The van der Waals surface area contributed by atoms with Gasteiger partial charge in [0, 0.05) is 29.4 Å². The van der Waals surface area contributed by atoms with Gasteiger partial charge in [-0.15, -0.1) is 11.3 Å². The number of carbonyl (C=O) groups excluding carboxylic acids is 1. The third kappa shape index (κ3) is 3.11. The second kappa shape index (κ2) is 6.67. The number of aromatic nitrogens is 2. The van der Waals surface area contributed by atoms with Crippen LogP contribution in [-0.2, 0) is 4.79 Å². The predicted octanol–water partition coefficient (Wildman–Crippen LogP) is 3.87. The van der Waals surface area contributed by atoms with E-state index in [2.05, 4.69) is 19.0 Å². The Morgan fingerprint density at radius 1 is 1.29 bits per heavy atom. The summed E-state index contributed by atoms with van der Waals surface area (Å²) in [6.45, 7) is 11.5. The van der Waals surface area contributed by atoms with Gasteiger partial charge in [0.1, 0.15) is 5.76 Å². The number of aryl methyl sites for hydroxylation is 4. The van der Waals surface area contributed by atoms with Gasteiger partial charge in [-0.05, 0) is 47.5 Å². The van der Waals surface area contributed by atoms with Gasteiger partial charge in [-0.2, -0.15) is 0 Å². The molecular weight excluding hydrogens is 322 g/mol. The Balaban J connectivity index is 1.75. The molecule has 130 valence electrons. The highest BCUT2D eigenvalue weighted by Crippen LogP contribution is 2.33. The number of thiazole rings is 1. The SMILES string of the molecule is Cc1nc([C@@H]2CCCN(C(=O)[C@@H](C)c3c(C)noc3C)C2)sc1C. The first-order valence-corrected chi connectivity index (χ1v) is 9.35. The zero-order valence-corrected chi connectivity index (χ0v) is 15.9. The van der Waals surface area contributed by atoms with Crippen LogP contribution in [0.1, 0.15) is 64.2 Å². The van der Waals surface area contributed by atoms with Crippen LogP contribution in [0.25, 0.3) is 0 Å². The zero-order chi connectivity index (χ0) is 17.4. The van der Waals surface area contributed by atoms with Crippen LogP contribution in [0.15, 0.2) is 4.52 Å². The van der Waals surface area contributed by atoms with Crippen molar-refractivity contribution in [3.8, 4) is 0 Å². The van der Waals surface area contributed by atoms with Gasteiger partial charge in [-0.1, -0.05) is 5.16 Å².